The van der Waals surface area contributed by atoms with E-state index in [1.165, 1.54) is 6.20 Å². The van der Waals surface area contributed by atoms with Gasteiger partial charge in [-0.3, -0.25) is 9.78 Å². The molecule has 0 aromatic carbocycles. The minimum Gasteiger partial charge on any atom is -0.466 e. The molecule has 4 nitrogen and oxygen atoms in total. The number of pyridine rings is 1. The van der Waals surface area contributed by atoms with E-state index in [0.717, 1.165) is 0 Å². The fourth-order valence-electron chi connectivity index (χ4n) is 1.45. The van der Waals surface area contributed by atoms with Crippen LogP contribution in [0.4, 0.5) is 8.78 Å². The van der Waals surface area contributed by atoms with Crippen LogP contribution in [0.25, 0.3) is 0 Å². The van der Waals surface area contributed by atoms with E-state index in [0.29, 0.717) is 11.1 Å². The lowest BCUT2D eigenvalue weighted by molar-refractivity contribution is -0.142. The first-order valence-electron chi connectivity index (χ1n) is 5.31. The van der Waals surface area contributed by atoms with Gasteiger partial charge in [0.05, 0.1) is 13.0 Å². The highest BCUT2D eigenvalue weighted by Gasteiger charge is 2.20. The smallest absolute Gasteiger partial charge is 0.310 e. The van der Waals surface area contributed by atoms with Gasteiger partial charge in [-0.15, -0.1) is 0 Å². The summed E-state index contributed by atoms with van der Waals surface area (Å²) in [7, 11) is 0. The van der Waals surface area contributed by atoms with E-state index >= 15 is 0 Å². The lowest BCUT2D eigenvalue weighted by Crippen LogP contribution is -2.13. The lowest BCUT2D eigenvalue weighted by Gasteiger charge is -2.12. The number of esters is 1. The Bertz CT molecular complexity index is 441. The van der Waals surface area contributed by atoms with Crippen LogP contribution < -0.4 is 5.73 Å². The second-order valence-electron chi connectivity index (χ2n) is 3.45. The van der Waals surface area contributed by atoms with Crippen molar-refractivity contribution in [3.8, 4) is 0 Å². The van der Waals surface area contributed by atoms with Crippen LogP contribution in [0.2, 0.25) is 0 Å². The predicted molar refractivity (Wildman–Crippen MR) is 65.1 cm³/mol. The van der Waals surface area contributed by atoms with Gasteiger partial charge in [0.15, 0.2) is 0 Å². The molecular formula is C11H13BrF2N2O2. The van der Waals surface area contributed by atoms with Crippen LogP contribution in [0, 0.1) is 0 Å². The summed E-state index contributed by atoms with van der Waals surface area (Å²) in [4.78, 5) is 15.1. The van der Waals surface area contributed by atoms with E-state index in [1.54, 1.807) is 6.92 Å². The van der Waals surface area contributed by atoms with Gasteiger partial charge in [-0.1, -0.05) is 0 Å². The number of halogens is 3. The normalized spacial score (nSPS) is 10.8. The quantitative estimate of drug-likeness (QED) is 0.845. The fraction of sp³-hybridized carbons (Fsp3) is 0.455. The molecule has 0 amide bonds. The maximum atomic E-state index is 12.7. The summed E-state index contributed by atoms with van der Waals surface area (Å²) in [6.07, 6.45) is -1.56. The topological polar surface area (TPSA) is 65.2 Å². The molecule has 0 aliphatic carbocycles. The first-order chi connectivity index (χ1) is 8.51. The molecule has 0 unspecified atom stereocenters. The molecule has 1 rings (SSSR count). The molecule has 1 aromatic rings. The van der Waals surface area contributed by atoms with Crippen LogP contribution in [0.3, 0.4) is 0 Å². The van der Waals surface area contributed by atoms with Crippen LogP contribution >= 0.6 is 15.9 Å². The third-order valence-corrected chi connectivity index (χ3v) is 3.17. The summed E-state index contributed by atoms with van der Waals surface area (Å²) in [5.41, 5.74) is 6.04. The number of carbonyl (C=O) groups is 1. The molecule has 1 heterocycles. The maximum absolute atomic E-state index is 12.7. The molecule has 0 saturated heterocycles. The molecule has 2 N–H and O–H groups in total. The SMILES string of the molecule is CCOC(=O)Cc1c(CN)cnc(C(F)F)c1Br. The third-order valence-electron chi connectivity index (χ3n) is 2.29. The second kappa shape index (κ2) is 6.75. The van der Waals surface area contributed by atoms with Crippen molar-refractivity contribution in [2.45, 2.75) is 26.3 Å². The zero-order valence-corrected chi connectivity index (χ0v) is 11.3. The van der Waals surface area contributed by atoms with E-state index < -0.39 is 18.1 Å². The molecule has 0 saturated carbocycles. The summed E-state index contributed by atoms with van der Waals surface area (Å²) in [6.45, 7) is 2.03. The largest absolute Gasteiger partial charge is 0.466 e. The predicted octanol–water partition coefficient (Wildman–Crippen LogP) is 2.35. The average molecular weight is 323 g/mol. The number of alkyl halides is 2. The first-order valence-corrected chi connectivity index (χ1v) is 6.10. The molecular weight excluding hydrogens is 310 g/mol. The van der Waals surface area contributed by atoms with E-state index in [4.69, 9.17) is 10.5 Å². The molecule has 18 heavy (non-hydrogen) atoms. The van der Waals surface area contributed by atoms with Gasteiger partial charge in [-0.25, -0.2) is 8.78 Å². The van der Waals surface area contributed by atoms with Gasteiger partial charge in [0, 0.05) is 17.2 Å². The van der Waals surface area contributed by atoms with Gasteiger partial charge in [0.25, 0.3) is 6.43 Å². The van der Waals surface area contributed by atoms with Crippen molar-refractivity contribution in [2.24, 2.45) is 5.73 Å². The molecule has 1 aromatic heterocycles. The van der Waals surface area contributed by atoms with Crippen LogP contribution in [0.5, 0.6) is 0 Å². The average Bonchev–Trinajstić information content (AvgIpc) is 2.31. The van der Waals surface area contributed by atoms with Crippen molar-refractivity contribution >= 4 is 21.9 Å². The molecule has 0 radical (unpaired) electrons. The van der Waals surface area contributed by atoms with Crippen molar-refractivity contribution in [2.75, 3.05) is 6.61 Å². The first kappa shape index (κ1) is 15.0. The highest BCUT2D eigenvalue weighted by atomic mass is 79.9. The highest BCUT2D eigenvalue weighted by molar-refractivity contribution is 9.10. The zero-order valence-electron chi connectivity index (χ0n) is 9.75. The van der Waals surface area contributed by atoms with Crippen LogP contribution in [0.1, 0.15) is 30.2 Å². The number of hydrogen-bond donors (Lipinski definition) is 1. The van der Waals surface area contributed by atoms with E-state index in [1.807, 2.05) is 0 Å². The Balaban J connectivity index is 3.13. The molecule has 0 bridgehead atoms. The Morgan fingerprint density at radius 3 is 2.78 bits per heavy atom. The zero-order chi connectivity index (χ0) is 13.7. The van der Waals surface area contributed by atoms with E-state index in [9.17, 15) is 13.6 Å². The molecule has 0 fully saturated rings. The minimum absolute atomic E-state index is 0.108. The number of nitrogens with two attached hydrogens (primary N) is 1. The number of nitrogens with zero attached hydrogens (tertiary/aromatic N) is 1. The number of ether oxygens (including phenoxy) is 1. The number of hydrogen-bond acceptors (Lipinski definition) is 4. The number of carbonyl (C=O) groups excluding carboxylic acids is 1. The lowest BCUT2D eigenvalue weighted by atomic mass is 10.1. The van der Waals surface area contributed by atoms with E-state index in [2.05, 4.69) is 20.9 Å². The van der Waals surface area contributed by atoms with Crippen molar-refractivity contribution < 1.29 is 18.3 Å². The van der Waals surface area contributed by atoms with Gasteiger partial charge in [-0.05, 0) is 34.0 Å². The summed E-state index contributed by atoms with van der Waals surface area (Å²) in [5, 5.41) is 0. The van der Waals surface area contributed by atoms with Crippen molar-refractivity contribution in [3.05, 3.63) is 27.5 Å². The second-order valence-corrected chi connectivity index (χ2v) is 4.24. The van der Waals surface area contributed by atoms with Gasteiger partial charge in [0.2, 0.25) is 0 Å². The summed E-state index contributed by atoms with van der Waals surface area (Å²) in [5.74, 6) is -0.487. The number of rotatable bonds is 5. The van der Waals surface area contributed by atoms with Gasteiger partial charge in [-0.2, -0.15) is 0 Å². The molecule has 0 aliphatic heterocycles. The standard InChI is InChI=1S/C11H13BrF2N2O2/c1-2-18-8(17)3-7-6(4-15)5-16-10(9(7)12)11(13)14/h5,11H,2-4,15H2,1H3. The highest BCUT2D eigenvalue weighted by Crippen LogP contribution is 2.30. The van der Waals surface area contributed by atoms with E-state index in [-0.39, 0.29) is 24.0 Å². The van der Waals surface area contributed by atoms with Crippen LogP contribution in [-0.2, 0) is 22.5 Å². The Hall–Kier alpha value is -1.08. The Kier molecular flexibility index (Phi) is 5.61. The molecule has 7 heteroatoms. The molecule has 100 valence electrons. The van der Waals surface area contributed by atoms with Gasteiger partial charge in [0.1, 0.15) is 5.69 Å². The van der Waals surface area contributed by atoms with Crippen LogP contribution in [-0.4, -0.2) is 17.6 Å². The molecule has 0 aliphatic rings. The summed E-state index contributed by atoms with van der Waals surface area (Å²) >= 11 is 3.05. The Labute approximate surface area is 112 Å². The molecule has 0 spiro atoms. The number of aromatic nitrogens is 1. The van der Waals surface area contributed by atoms with Gasteiger partial charge >= 0.3 is 5.97 Å². The monoisotopic (exact) mass is 322 g/mol. The maximum Gasteiger partial charge on any atom is 0.310 e. The van der Waals surface area contributed by atoms with Crippen molar-refractivity contribution in [1.82, 2.24) is 4.98 Å². The Morgan fingerprint density at radius 2 is 2.28 bits per heavy atom. The van der Waals surface area contributed by atoms with Crippen LogP contribution in [0.15, 0.2) is 10.7 Å². The Morgan fingerprint density at radius 1 is 1.61 bits per heavy atom. The van der Waals surface area contributed by atoms with Crippen molar-refractivity contribution in [1.29, 1.82) is 0 Å². The summed E-state index contributed by atoms with van der Waals surface area (Å²) in [6, 6.07) is 0. The third kappa shape index (κ3) is 3.46. The molecule has 0 atom stereocenters. The summed E-state index contributed by atoms with van der Waals surface area (Å²) < 4.78 is 30.3. The minimum atomic E-state index is -2.72. The van der Waals surface area contributed by atoms with Gasteiger partial charge < -0.3 is 10.5 Å². The fourth-order valence-corrected chi connectivity index (χ4v) is 2.12. The van der Waals surface area contributed by atoms with Crippen molar-refractivity contribution in [3.63, 3.8) is 0 Å².